The van der Waals surface area contributed by atoms with Crippen molar-refractivity contribution in [1.29, 1.82) is 0 Å². The van der Waals surface area contributed by atoms with Crippen LogP contribution in [0, 0.1) is 5.92 Å². The fraction of sp³-hybridized carbons (Fsp3) is 0.467. The predicted octanol–water partition coefficient (Wildman–Crippen LogP) is 3.17. The molecule has 17 heavy (non-hydrogen) atoms. The highest BCUT2D eigenvalue weighted by molar-refractivity contribution is 5.13. The van der Waals surface area contributed by atoms with Crippen LogP contribution in [0.15, 0.2) is 43.0 Å². The van der Waals surface area contributed by atoms with Crippen molar-refractivity contribution in [2.75, 3.05) is 13.2 Å². The maximum Gasteiger partial charge on any atom is 0.0716 e. The molecule has 1 unspecified atom stereocenters. The quantitative estimate of drug-likeness (QED) is 0.525. The van der Waals surface area contributed by atoms with Gasteiger partial charge in [-0.2, -0.15) is 0 Å². The average Bonchev–Trinajstić information content (AvgIpc) is 2.36. The molecule has 0 aromatic heterocycles. The summed E-state index contributed by atoms with van der Waals surface area (Å²) in [6, 6.07) is 10.2. The Kier molecular flexibility index (Phi) is 7.35. The first-order valence-corrected chi connectivity index (χ1v) is 6.20. The van der Waals surface area contributed by atoms with Crippen molar-refractivity contribution < 1.29 is 9.84 Å². The van der Waals surface area contributed by atoms with Crippen LogP contribution in [0.25, 0.3) is 0 Å². The number of rotatable bonds is 9. The first-order chi connectivity index (χ1) is 8.36. The third kappa shape index (κ3) is 6.25. The molecule has 0 heterocycles. The van der Waals surface area contributed by atoms with Crippen LogP contribution < -0.4 is 0 Å². The third-order valence-electron chi connectivity index (χ3n) is 2.82. The van der Waals surface area contributed by atoms with E-state index < -0.39 is 0 Å². The summed E-state index contributed by atoms with van der Waals surface area (Å²) in [4.78, 5) is 0. The van der Waals surface area contributed by atoms with E-state index in [1.165, 1.54) is 5.56 Å². The van der Waals surface area contributed by atoms with Gasteiger partial charge in [0.15, 0.2) is 0 Å². The monoisotopic (exact) mass is 234 g/mol. The Balaban J connectivity index is 2.15. The largest absolute Gasteiger partial charge is 0.396 e. The minimum Gasteiger partial charge on any atom is -0.396 e. The molecule has 0 fully saturated rings. The predicted molar refractivity (Wildman–Crippen MR) is 70.7 cm³/mol. The van der Waals surface area contributed by atoms with Gasteiger partial charge in [0.1, 0.15) is 0 Å². The molecular formula is C15H22O2. The normalized spacial score (nSPS) is 12.3. The lowest BCUT2D eigenvalue weighted by Crippen LogP contribution is -2.07. The van der Waals surface area contributed by atoms with Gasteiger partial charge >= 0.3 is 0 Å². The van der Waals surface area contributed by atoms with E-state index in [4.69, 9.17) is 9.84 Å². The highest BCUT2D eigenvalue weighted by Gasteiger charge is 2.05. The first kappa shape index (κ1) is 13.9. The highest BCUT2D eigenvalue weighted by Crippen LogP contribution is 2.14. The average molecular weight is 234 g/mol. The Morgan fingerprint density at radius 3 is 2.65 bits per heavy atom. The van der Waals surface area contributed by atoms with Gasteiger partial charge in [-0.05, 0) is 30.7 Å². The number of aliphatic hydroxyl groups is 1. The first-order valence-electron chi connectivity index (χ1n) is 6.20. The van der Waals surface area contributed by atoms with Crippen LogP contribution in [0.2, 0.25) is 0 Å². The maximum absolute atomic E-state index is 8.92. The molecule has 1 aromatic rings. The van der Waals surface area contributed by atoms with Gasteiger partial charge in [-0.15, -0.1) is 6.58 Å². The summed E-state index contributed by atoms with van der Waals surface area (Å²) in [7, 11) is 0. The maximum atomic E-state index is 8.92. The van der Waals surface area contributed by atoms with Crippen molar-refractivity contribution in [3.05, 3.63) is 48.6 Å². The summed E-state index contributed by atoms with van der Waals surface area (Å²) >= 11 is 0. The summed E-state index contributed by atoms with van der Waals surface area (Å²) in [6.45, 7) is 5.39. The lowest BCUT2D eigenvalue weighted by Gasteiger charge is -2.13. The van der Waals surface area contributed by atoms with E-state index in [2.05, 4.69) is 18.7 Å². The van der Waals surface area contributed by atoms with E-state index in [0.717, 1.165) is 25.9 Å². The van der Waals surface area contributed by atoms with Crippen molar-refractivity contribution in [3.63, 3.8) is 0 Å². The lowest BCUT2D eigenvalue weighted by atomic mass is 9.98. The molecule has 0 spiro atoms. The number of benzene rings is 1. The molecule has 0 aliphatic heterocycles. The van der Waals surface area contributed by atoms with Gasteiger partial charge in [-0.3, -0.25) is 0 Å². The van der Waals surface area contributed by atoms with E-state index in [0.29, 0.717) is 12.5 Å². The summed E-state index contributed by atoms with van der Waals surface area (Å²) in [5, 5.41) is 8.92. The van der Waals surface area contributed by atoms with E-state index in [1.807, 2.05) is 24.3 Å². The molecule has 0 radical (unpaired) electrons. The van der Waals surface area contributed by atoms with Gasteiger partial charge < -0.3 is 9.84 Å². The van der Waals surface area contributed by atoms with Crippen LogP contribution in [-0.2, 0) is 11.3 Å². The van der Waals surface area contributed by atoms with Crippen LogP contribution in [0.1, 0.15) is 24.8 Å². The molecule has 1 atom stereocenters. The van der Waals surface area contributed by atoms with Crippen molar-refractivity contribution in [2.45, 2.75) is 25.9 Å². The Hall–Kier alpha value is -1.12. The van der Waals surface area contributed by atoms with Gasteiger partial charge in [-0.25, -0.2) is 0 Å². The molecule has 0 aliphatic carbocycles. The highest BCUT2D eigenvalue weighted by atomic mass is 16.5. The summed E-state index contributed by atoms with van der Waals surface area (Å²) < 4.78 is 5.63. The SMILES string of the molecule is C=CCC(CCO)CCOCc1ccccc1. The van der Waals surface area contributed by atoms with Crippen molar-refractivity contribution in [1.82, 2.24) is 0 Å². The molecule has 0 aliphatic rings. The van der Waals surface area contributed by atoms with E-state index in [-0.39, 0.29) is 6.61 Å². The van der Waals surface area contributed by atoms with Crippen LogP contribution in [-0.4, -0.2) is 18.3 Å². The molecular weight excluding hydrogens is 212 g/mol. The van der Waals surface area contributed by atoms with E-state index >= 15 is 0 Å². The van der Waals surface area contributed by atoms with Crippen molar-refractivity contribution in [3.8, 4) is 0 Å². The number of hydrogen-bond donors (Lipinski definition) is 1. The van der Waals surface area contributed by atoms with Gasteiger partial charge in [-0.1, -0.05) is 36.4 Å². The van der Waals surface area contributed by atoms with Gasteiger partial charge in [0.25, 0.3) is 0 Å². The van der Waals surface area contributed by atoms with Crippen LogP contribution in [0.5, 0.6) is 0 Å². The minimum atomic E-state index is 0.247. The fourth-order valence-electron chi connectivity index (χ4n) is 1.81. The third-order valence-corrected chi connectivity index (χ3v) is 2.82. The zero-order valence-corrected chi connectivity index (χ0v) is 10.3. The minimum absolute atomic E-state index is 0.247. The lowest BCUT2D eigenvalue weighted by molar-refractivity contribution is 0.103. The zero-order chi connectivity index (χ0) is 12.3. The molecule has 2 heteroatoms. The molecule has 0 bridgehead atoms. The second kappa shape index (κ2) is 8.97. The standard InChI is InChI=1S/C15H22O2/c1-2-6-14(9-11-16)10-12-17-13-15-7-4-3-5-8-15/h2-5,7-8,14,16H,1,6,9-13H2. The summed E-state index contributed by atoms with van der Waals surface area (Å²) in [5.41, 5.74) is 1.20. The number of ether oxygens (including phenoxy) is 1. The Morgan fingerprint density at radius 2 is 2.00 bits per heavy atom. The molecule has 94 valence electrons. The van der Waals surface area contributed by atoms with Crippen LogP contribution >= 0.6 is 0 Å². The molecule has 0 saturated carbocycles. The number of allylic oxidation sites excluding steroid dienone is 1. The molecule has 0 amide bonds. The van der Waals surface area contributed by atoms with Crippen LogP contribution in [0.3, 0.4) is 0 Å². The van der Waals surface area contributed by atoms with E-state index in [1.54, 1.807) is 0 Å². The van der Waals surface area contributed by atoms with Crippen molar-refractivity contribution >= 4 is 0 Å². The number of aliphatic hydroxyl groups excluding tert-OH is 1. The van der Waals surface area contributed by atoms with E-state index in [9.17, 15) is 0 Å². The fourth-order valence-corrected chi connectivity index (χ4v) is 1.81. The Morgan fingerprint density at radius 1 is 1.24 bits per heavy atom. The molecule has 1 aromatic carbocycles. The molecule has 1 N–H and O–H groups in total. The van der Waals surface area contributed by atoms with Gasteiger partial charge in [0.05, 0.1) is 6.61 Å². The van der Waals surface area contributed by atoms with Gasteiger partial charge in [0.2, 0.25) is 0 Å². The van der Waals surface area contributed by atoms with Crippen molar-refractivity contribution in [2.24, 2.45) is 5.92 Å². The smallest absolute Gasteiger partial charge is 0.0716 e. The molecule has 2 nitrogen and oxygen atoms in total. The topological polar surface area (TPSA) is 29.5 Å². The zero-order valence-electron chi connectivity index (χ0n) is 10.3. The second-order valence-corrected chi connectivity index (χ2v) is 4.23. The summed E-state index contributed by atoms with van der Waals surface area (Å²) in [6.07, 6.45) is 4.69. The number of hydrogen-bond acceptors (Lipinski definition) is 2. The molecule has 1 rings (SSSR count). The summed E-state index contributed by atoms with van der Waals surface area (Å²) in [5.74, 6) is 0.494. The molecule has 0 saturated heterocycles. The second-order valence-electron chi connectivity index (χ2n) is 4.23. The van der Waals surface area contributed by atoms with Gasteiger partial charge in [0, 0.05) is 13.2 Å². The Labute approximate surface area is 104 Å². The van der Waals surface area contributed by atoms with Crippen LogP contribution in [0.4, 0.5) is 0 Å². The Bertz CT molecular complexity index is 295.